The number of hydrogen-bond donors (Lipinski definition) is 2. The summed E-state index contributed by atoms with van der Waals surface area (Å²) in [5, 5.41) is 10.7. The number of rotatable bonds is 6. The molecule has 0 bridgehead atoms. The minimum Gasteiger partial charge on any atom is -0.483 e. The van der Waals surface area contributed by atoms with Gasteiger partial charge in [0.1, 0.15) is 12.3 Å². The molecule has 1 amide bonds. The Labute approximate surface area is 112 Å². The molecule has 0 aromatic heterocycles. The van der Waals surface area contributed by atoms with Crippen molar-refractivity contribution in [3.05, 3.63) is 29.3 Å². The van der Waals surface area contributed by atoms with E-state index in [0.29, 0.717) is 5.75 Å². The second-order valence-electron chi connectivity index (χ2n) is 4.66. The first-order chi connectivity index (χ1) is 8.90. The molecule has 19 heavy (non-hydrogen) atoms. The summed E-state index contributed by atoms with van der Waals surface area (Å²) in [5.41, 5.74) is 2.07. The third kappa shape index (κ3) is 4.99. The standard InChI is InChI=1S/C14H19NO4/c1-9(2)11-5-4-10(3)6-12(11)19-8-13(16)15-7-14(17)18/h4-6,9H,7-8H2,1-3H3,(H,15,16)(H,17,18). The lowest BCUT2D eigenvalue weighted by molar-refractivity contribution is -0.138. The molecule has 0 aliphatic heterocycles. The van der Waals surface area contributed by atoms with Crippen molar-refractivity contribution in [1.82, 2.24) is 5.32 Å². The fourth-order valence-electron chi connectivity index (χ4n) is 1.61. The van der Waals surface area contributed by atoms with Crippen LogP contribution in [0.4, 0.5) is 0 Å². The molecule has 0 spiro atoms. The predicted octanol–water partition coefficient (Wildman–Crippen LogP) is 1.70. The van der Waals surface area contributed by atoms with E-state index in [-0.39, 0.29) is 12.5 Å². The van der Waals surface area contributed by atoms with Crippen LogP contribution in [0, 0.1) is 6.92 Å². The molecule has 0 saturated carbocycles. The fraction of sp³-hybridized carbons (Fsp3) is 0.429. The molecule has 1 aromatic carbocycles. The molecular weight excluding hydrogens is 246 g/mol. The number of aliphatic carboxylic acids is 1. The number of amides is 1. The summed E-state index contributed by atoms with van der Waals surface area (Å²) in [5.74, 6) is -0.566. The number of benzene rings is 1. The Kier molecular flexibility index (Phi) is 5.36. The average molecular weight is 265 g/mol. The molecule has 0 unspecified atom stereocenters. The Bertz CT molecular complexity index is 469. The number of ether oxygens (including phenoxy) is 1. The molecule has 0 fully saturated rings. The topological polar surface area (TPSA) is 75.6 Å². The first-order valence-electron chi connectivity index (χ1n) is 6.12. The number of nitrogens with one attached hydrogen (secondary N) is 1. The number of hydrogen-bond acceptors (Lipinski definition) is 3. The number of carboxylic acids is 1. The number of aryl methyl sites for hydroxylation is 1. The highest BCUT2D eigenvalue weighted by molar-refractivity contribution is 5.82. The van der Waals surface area contributed by atoms with Crippen LogP contribution in [0.2, 0.25) is 0 Å². The van der Waals surface area contributed by atoms with E-state index >= 15 is 0 Å². The highest BCUT2D eigenvalue weighted by Gasteiger charge is 2.10. The molecule has 104 valence electrons. The lowest BCUT2D eigenvalue weighted by Crippen LogP contribution is -2.33. The summed E-state index contributed by atoms with van der Waals surface area (Å²) in [4.78, 5) is 21.7. The first kappa shape index (κ1) is 15.0. The van der Waals surface area contributed by atoms with Crippen LogP contribution in [-0.2, 0) is 9.59 Å². The third-order valence-electron chi connectivity index (χ3n) is 2.59. The number of carboxylic acid groups (broad SMARTS) is 1. The maximum Gasteiger partial charge on any atom is 0.322 e. The van der Waals surface area contributed by atoms with Crippen molar-refractivity contribution in [2.75, 3.05) is 13.2 Å². The minimum atomic E-state index is -1.08. The molecule has 5 heteroatoms. The normalized spacial score (nSPS) is 10.3. The molecule has 0 aliphatic rings. The lowest BCUT2D eigenvalue weighted by Gasteiger charge is -2.14. The van der Waals surface area contributed by atoms with Crippen LogP contribution in [-0.4, -0.2) is 30.1 Å². The van der Waals surface area contributed by atoms with Crippen LogP contribution in [0.25, 0.3) is 0 Å². The van der Waals surface area contributed by atoms with Crippen molar-refractivity contribution in [2.24, 2.45) is 0 Å². The van der Waals surface area contributed by atoms with Gasteiger partial charge in [-0.1, -0.05) is 26.0 Å². The maximum atomic E-state index is 11.4. The van der Waals surface area contributed by atoms with Gasteiger partial charge >= 0.3 is 5.97 Å². The van der Waals surface area contributed by atoms with Crippen molar-refractivity contribution >= 4 is 11.9 Å². The second-order valence-corrected chi connectivity index (χ2v) is 4.66. The van der Waals surface area contributed by atoms with E-state index < -0.39 is 18.4 Å². The van der Waals surface area contributed by atoms with Crippen LogP contribution >= 0.6 is 0 Å². The molecule has 0 aliphatic carbocycles. The predicted molar refractivity (Wildman–Crippen MR) is 71.4 cm³/mol. The molecule has 0 heterocycles. The Balaban J connectivity index is 2.64. The Morgan fingerprint density at radius 3 is 2.63 bits per heavy atom. The third-order valence-corrected chi connectivity index (χ3v) is 2.59. The number of carbonyl (C=O) groups excluding carboxylic acids is 1. The first-order valence-corrected chi connectivity index (χ1v) is 6.12. The summed E-state index contributed by atoms with van der Waals surface area (Å²) >= 11 is 0. The van der Waals surface area contributed by atoms with Crippen molar-refractivity contribution in [1.29, 1.82) is 0 Å². The largest absolute Gasteiger partial charge is 0.483 e. The Hall–Kier alpha value is -2.04. The van der Waals surface area contributed by atoms with E-state index in [9.17, 15) is 9.59 Å². The molecular formula is C14H19NO4. The van der Waals surface area contributed by atoms with Crippen molar-refractivity contribution in [3.63, 3.8) is 0 Å². The summed E-state index contributed by atoms with van der Waals surface area (Å²) in [6.07, 6.45) is 0. The highest BCUT2D eigenvalue weighted by Crippen LogP contribution is 2.27. The van der Waals surface area contributed by atoms with Crippen molar-refractivity contribution in [3.8, 4) is 5.75 Å². The van der Waals surface area contributed by atoms with Gasteiger partial charge in [-0.2, -0.15) is 0 Å². The zero-order chi connectivity index (χ0) is 14.4. The SMILES string of the molecule is Cc1ccc(C(C)C)c(OCC(=O)NCC(=O)O)c1. The molecule has 2 N–H and O–H groups in total. The average Bonchev–Trinajstić information content (AvgIpc) is 2.33. The van der Waals surface area contributed by atoms with Gasteiger partial charge in [-0.25, -0.2) is 0 Å². The number of carbonyl (C=O) groups is 2. The summed E-state index contributed by atoms with van der Waals surface area (Å²) in [7, 11) is 0. The zero-order valence-electron chi connectivity index (χ0n) is 11.4. The van der Waals surface area contributed by atoms with Crippen LogP contribution in [0.15, 0.2) is 18.2 Å². The van der Waals surface area contributed by atoms with Gasteiger partial charge in [0, 0.05) is 0 Å². The van der Waals surface area contributed by atoms with E-state index in [1.807, 2.05) is 39.0 Å². The summed E-state index contributed by atoms with van der Waals surface area (Å²) < 4.78 is 5.47. The van der Waals surface area contributed by atoms with Gasteiger partial charge in [0.25, 0.3) is 5.91 Å². The van der Waals surface area contributed by atoms with Crippen LogP contribution in [0.5, 0.6) is 5.75 Å². The maximum absolute atomic E-state index is 11.4. The Morgan fingerprint density at radius 1 is 1.37 bits per heavy atom. The van der Waals surface area contributed by atoms with Crippen molar-refractivity contribution in [2.45, 2.75) is 26.7 Å². The van der Waals surface area contributed by atoms with Gasteiger partial charge in [-0.3, -0.25) is 9.59 Å². The van der Waals surface area contributed by atoms with Gasteiger partial charge < -0.3 is 15.2 Å². The quantitative estimate of drug-likeness (QED) is 0.820. The molecule has 5 nitrogen and oxygen atoms in total. The molecule has 0 saturated heterocycles. The van der Waals surface area contributed by atoms with E-state index in [2.05, 4.69) is 5.32 Å². The summed E-state index contributed by atoms with van der Waals surface area (Å²) in [6.45, 7) is 5.45. The van der Waals surface area contributed by atoms with E-state index in [1.54, 1.807) is 0 Å². The van der Waals surface area contributed by atoms with Crippen LogP contribution in [0.1, 0.15) is 30.9 Å². The van der Waals surface area contributed by atoms with E-state index in [4.69, 9.17) is 9.84 Å². The minimum absolute atomic E-state index is 0.184. The van der Waals surface area contributed by atoms with Gasteiger partial charge in [0.15, 0.2) is 6.61 Å². The zero-order valence-corrected chi connectivity index (χ0v) is 11.4. The molecule has 1 aromatic rings. The lowest BCUT2D eigenvalue weighted by atomic mass is 10.0. The van der Waals surface area contributed by atoms with Gasteiger partial charge in [-0.15, -0.1) is 0 Å². The van der Waals surface area contributed by atoms with Crippen LogP contribution < -0.4 is 10.1 Å². The van der Waals surface area contributed by atoms with Crippen LogP contribution in [0.3, 0.4) is 0 Å². The molecule has 1 rings (SSSR count). The van der Waals surface area contributed by atoms with Gasteiger partial charge in [0.2, 0.25) is 0 Å². The van der Waals surface area contributed by atoms with E-state index in [0.717, 1.165) is 11.1 Å². The monoisotopic (exact) mass is 265 g/mol. The Morgan fingerprint density at radius 2 is 2.05 bits per heavy atom. The molecule has 0 radical (unpaired) electrons. The van der Waals surface area contributed by atoms with Crippen molar-refractivity contribution < 1.29 is 19.4 Å². The highest BCUT2D eigenvalue weighted by atomic mass is 16.5. The van der Waals surface area contributed by atoms with E-state index in [1.165, 1.54) is 0 Å². The molecule has 0 atom stereocenters. The van der Waals surface area contributed by atoms with Gasteiger partial charge in [-0.05, 0) is 30.0 Å². The fourth-order valence-corrected chi connectivity index (χ4v) is 1.61. The van der Waals surface area contributed by atoms with Gasteiger partial charge in [0.05, 0.1) is 0 Å². The second kappa shape index (κ2) is 6.78. The smallest absolute Gasteiger partial charge is 0.322 e. The summed E-state index contributed by atoms with van der Waals surface area (Å²) in [6, 6.07) is 5.84.